The van der Waals surface area contributed by atoms with E-state index in [1.165, 1.54) is 0 Å². The molecule has 0 spiro atoms. The molecule has 1 aromatic rings. The van der Waals surface area contributed by atoms with Crippen molar-refractivity contribution < 1.29 is 9.90 Å². The van der Waals surface area contributed by atoms with Crippen LogP contribution < -0.4 is 5.32 Å². The summed E-state index contributed by atoms with van der Waals surface area (Å²) in [6.07, 6.45) is 1.16. The maximum atomic E-state index is 12.2. The molecule has 1 rings (SSSR count). The van der Waals surface area contributed by atoms with Crippen molar-refractivity contribution in [1.29, 1.82) is 0 Å². The first-order valence-corrected chi connectivity index (χ1v) is 7.55. The maximum Gasteiger partial charge on any atom is 0.220 e. The Kier molecular flexibility index (Phi) is 5.96. The zero-order chi connectivity index (χ0) is 16.2. The first kappa shape index (κ1) is 17.7. The van der Waals surface area contributed by atoms with Gasteiger partial charge in [-0.2, -0.15) is 5.10 Å². The number of aromatic amines is 1. The average Bonchev–Trinajstić information content (AvgIpc) is 2.66. The lowest BCUT2D eigenvalue weighted by atomic mass is 9.88. The minimum Gasteiger partial charge on any atom is -0.394 e. The number of nitrogens with zero attached hydrogens (tertiary/aromatic N) is 1. The third-order valence-corrected chi connectivity index (χ3v) is 3.61. The topological polar surface area (TPSA) is 78.0 Å². The van der Waals surface area contributed by atoms with E-state index in [-0.39, 0.29) is 29.9 Å². The second-order valence-electron chi connectivity index (χ2n) is 7.16. The van der Waals surface area contributed by atoms with Gasteiger partial charge >= 0.3 is 0 Å². The zero-order valence-corrected chi connectivity index (χ0v) is 14.1. The van der Waals surface area contributed by atoms with Gasteiger partial charge < -0.3 is 10.4 Å². The molecule has 0 bridgehead atoms. The number of carbonyl (C=O) groups is 1. The highest BCUT2D eigenvalue weighted by atomic mass is 16.3. The Morgan fingerprint density at radius 2 is 2.00 bits per heavy atom. The Bertz CT molecular complexity index is 455. The predicted molar refractivity (Wildman–Crippen MR) is 84.2 cm³/mol. The van der Waals surface area contributed by atoms with E-state index >= 15 is 0 Å². The Hall–Kier alpha value is -1.36. The summed E-state index contributed by atoms with van der Waals surface area (Å²) >= 11 is 0. The Morgan fingerprint density at radius 3 is 2.43 bits per heavy atom. The van der Waals surface area contributed by atoms with Gasteiger partial charge in [0.25, 0.3) is 0 Å². The van der Waals surface area contributed by atoms with Gasteiger partial charge in [0.2, 0.25) is 5.91 Å². The Morgan fingerprint density at radius 1 is 1.38 bits per heavy atom. The molecule has 5 heteroatoms. The standard InChI is InChI=1S/C16H29N3O2/c1-10(15-11(2)18-19-12(15)3)7-14(21)17-13(9-20)8-16(4,5)6/h10,13,20H,7-9H2,1-6H3,(H,17,21)(H,18,19). The zero-order valence-electron chi connectivity index (χ0n) is 14.1. The number of aliphatic hydroxyl groups excluding tert-OH is 1. The summed E-state index contributed by atoms with van der Waals surface area (Å²) in [5, 5.41) is 19.5. The van der Waals surface area contributed by atoms with Crippen molar-refractivity contribution in [2.24, 2.45) is 5.41 Å². The van der Waals surface area contributed by atoms with Crippen molar-refractivity contribution in [1.82, 2.24) is 15.5 Å². The van der Waals surface area contributed by atoms with E-state index in [0.717, 1.165) is 23.4 Å². The van der Waals surface area contributed by atoms with Crippen LogP contribution in [0.25, 0.3) is 0 Å². The van der Waals surface area contributed by atoms with Gasteiger partial charge in [-0.15, -0.1) is 0 Å². The highest BCUT2D eigenvalue weighted by Crippen LogP contribution is 2.25. The monoisotopic (exact) mass is 295 g/mol. The molecular weight excluding hydrogens is 266 g/mol. The first-order valence-electron chi connectivity index (χ1n) is 7.55. The normalized spacial score (nSPS) is 14.8. The highest BCUT2D eigenvalue weighted by molar-refractivity contribution is 5.77. The summed E-state index contributed by atoms with van der Waals surface area (Å²) in [5.74, 6) is 0.0866. The van der Waals surface area contributed by atoms with Crippen LogP contribution in [-0.2, 0) is 4.79 Å². The molecular formula is C16H29N3O2. The number of amides is 1. The van der Waals surface area contributed by atoms with Gasteiger partial charge in [0, 0.05) is 12.1 Å². The molecule has 2 unspecified atom stereocenters. The fraction of sp³-hybridized carbons (Fsp3) is 0.750. The molecule has 5 nitrogen and oxygen atoms in total. The van der Waals surface area contributed by atoms with Crippen molar-refractivity contribution in [3.63, 3.8) is 0 Å². The molecule has 120 valence electrons. The summed E-state index contributed by atoms with van der Waals surface area (Å²) in [6, 6.07) is -0.184. The molecule has 2 atom stereocenters. The smallest absolute Gasteiger partial charge is 0.220 e. The Labute approximate surface area is 127 Å². The molecule has 0 aliphatic rings. The first-order chi connectivity index (χ1) is 9.64. The molecule has 1 heterocycles. The molecule has 0 saturated heterocycles. The van der Waals surface area contributed by atoms with E-state index in [9.17, 15) is 9.90 Å². The highest BCUT2D eigenvalue weighted by Gasteiger charge is 2.22. The van der Waals surface area contributed by atoms with Crippen LogP contribution in [0.5, 0.6) is 0 Å². The van der Waals surface area contributed by atoms with E-state index in [0.29, 0.717) is 6.42 Å². The lowest BCUT2D eigenvalue weighted by Crippen LogP contribution is -2.40. The molecule has 3 N–H and O–H groups in total. The van der Waals surface area contributed by atoms with Crippen molar-refractivity contribution >= 4 is 5.91 Å². The lowest BCUT2D eigenvalue weighted by molar-refractivity contribution is -0.122. The van der Waals surface area contributed by atoms with E-state index in [1.807, 2.05) is 20.8 Å². The van der Waals surface area contributed by atoms with Crippen LogP contribution in [0, 0.1) is 19.3 Å². The van der Waals surface area contributed by atoms with Gasteiger partial charge in [0.05, 0.1) is 18.3 Å². The summed E-state index contributed by atoms with van der Waals surface area (Å²) in [5.41, 5.74) is 3.15. The minimum absolute atomic E-state index is 0.0224. The van der Waals surface area contributed by atoms with Crippen LogP contribution in [0.4, 0.5) is 0 Å². The molecule has 0 saturated carbocycles. The fourth-order valence-electron chi connectivity index (χ4n) is 2.85. The maximum absolute atomic E-state index is 12.2. The number of carbonyl (C=O) groups excluding carboxylic acids is 1. The molecule has 0 aliphatic carbocycles. The number of rotatable bonds is 6. The number of H-pyrrole nitrogens is 1. The minimum atomic E-state index is -0.184. The van der Waals surface area contributed by atoms with Gasteiger partial charge in [-0.25, -0.2) is 0 Å². The number of hydrogen-bond acceptors (Lipinski definition) is 3. The predicted octanol–water partition coefficient (Wildman–Crippen LogP) is 2.43. The third kappa shape index (κ3) is 5.50. The van der Waals surface area contributed by atoms with E-state index in [2.05, 4.69) is 36.3 Å². The van der Waals surface area contributed by atoms with Crippen LogP contribution in [0.1, 0.15) is 63.4 Å². The SMILES string of the molecule is Cc1n[nH]c(C)c1C(C)CC(=O)NC(CO)CC(C)(C)C. The van der Waals surface area contributed by atoms with E-state index in [4.69, 9.17) is 0 Å². The number of nitrogens with one attached hydrogen (secondary N) is 2. The van der Waals surface area contributed by atoms with Crippen molar-refractivity contribution in [2.75, 3.05) is 6.61 Å². The quantitative estimate of drug-likeness (QED) is 0.754. The van der Waals surface area contributed by atoms with E-state index in [1.54, 1.807) is 0 Å². The Balaban J connectivity index is 2.60. The largest absolute Gasteiger partial charge is 0.394 e. The van der Waals surface area contributed by atoms with Gasteiger partial charge in [-0.1, -0.05) is 27.7 Å². The summed E-state index contributed by atoms with van der Waals surface area (Å²) in [4.78, 5) is 12.2. The van der Waals surface area contributed by atoms with Gasteiger partial charge in [-0.3, -0.25) is 9.89 Å². The van der Waals surface area contributed by atoms with Crippen molar-refractivity contribution in [3.05, 3.63) is 17.0 Å². The van der Waals surface area contributed by atoms with Crippen LogP contribution in [0.15, 0.2) is 0 Å². The molecule has 1 aromatic heterocycles. The van der Waals surface area contributed by atoms with Crippen LogP contribution >= 0.6 is 0 Å². The fourth-order valence-corrected chi connectivity index (χ4v) is 2.85. The van der Waals surface area contributed by atoms with E-state index < -0.39 is 0 Å². The number of aliphatic hydroxyl groups is 1. The second kappa shape index (κ2) is 7.07. The molecule has 0 aliphatic heterocycles. The number of hydrogen-bond donors (Lipinski definition) is 3. The number of aromatic nitrogens is 2. The molecule has 0 aromatic carbocycles. The molecule has 21 heavy (non-hydrogen) atoms. The van der Waals surface area contributed by atoms with Crippen LogP contribution in [0.2, 0.25) is 0 Å². The van der Waals surface area contributed by atoms with Crippen LogP contribution in [0.3, 0.4) is 0 Å². The van der Waals surface area contributed by atoms with Crippen molar-refractivity contribution in [2.45, 2.75) is 66.3 Å². The van der Waals surface area contributed by atoms with Gasteiger partial charge in [-0.05, 0) is 37.2 Å². The molecule has 1 amide bonds. The second-order valence-corrected chi connectivity index (χ2v) is 7.16. The van der Waals surface area contributed by atoms with Gasteiger partial charge in [0.1, 0.15) is 0 Å². The summed E-state index contributed by atoms with van der Waals surface area (Å²) in [7, 11) is 0. The summed E-state index contributed by atoms with van der Waals surface area (Å²) in [6.45, 7) is 12.2. The average molecular weight is 295 g/mol. The summed E-state index contributed by atoms with van der Waals surface area (Å²) < 4.78 is 0. The molecule has 0 radical (unpaired) electrons. The number of aryl methyl sites for hydroxylation is 2. The lowest BCUT2D eigenvalue weighted by Gasteiger charge is -2.26. The third-order valence-electron chi connectivity index (χ3n) is 3.61. The molecule has 0 fully saturated rings. The van der Waals surface area contributed by atoms with Crippen molar-refractivity contribution in [3.8, 4) is 0 Å². The van der Waals surface area contributed by atoms with Crippen LogP contribution in [-0.4, -0.2) is 33.9 Å². The van der Waals surface area contributed by atoms with Gasteiger partial charge in [0.15, 0.2) is 0 Å².